The van der Waals surface area contributed by atoms with Gasteiger partial charge in [-0.2, -0.15) is 5.10 Å². The molecule has 128 valence electrons. The van der Waals surface area contributed by atoms with Gasteiger partial charge in [-0.1, -0.05) is 0 Å². The summed E-state index contributed by atoms with van der Waals surface area (Å²) < 4.78 is 38.3. The fourth-order valence-corrected chi connectivity index (χ4v) is 3.04. The van der Waals surface area contributed by atoms with Gasteiger partial charge in [0.15, 0.2) is 5.69 Å². The molecule has 1 N–H and O–H groups in total. The fraction of sp³-hybridized carbons (Fsp3) is 0.714. The third-order valence-corrected chi connectivity index (χ3v) is 4.13. The van der Waals surface area contributed by atoms with E-state index in [1.54, 1.807) is 4.90 Å². The summed E-state index contributed by atoms with van der Waals surface area (Å²) >= 11 is 0. The third kappa shape index (κ3) is 3.45. The predicted octanol–water partition coefficient (Wildman–Crippen LogP) is 1.77. The summed E-state index contributed by atoms with van der Waals surface area (Å²) in [7, 11) is 1.53. The fourth-order valence-electron chi connectivity index (χ4n) is 3.04. The number of halogens is 2. The van der Waals surface area contributed by atoms with E-state index in [9.17, 15) is 13.6 Å². The number of nitrogens with one attached hydrogen (secondary N) is 1. The van der Waals surface area contributed by atoms with Crippen LogP contribution in [0.25, 0.3) is 0 Å². The number of hydrogen-bond acceptors (Lipinski definition) is 4. The van der Waals surface area contributed by atoms with Gasteiger partial charge in [-0.05, 0) is 12.8 Å². The van der Waals surface area contributed by atoms with Crippen LogP contribution in [-0.4, -0.2) is 59.2 Å². The van der Waals surface area contributed by atoms with E-state index in [0.717, 1.165) is 12.8 Å². The van der Waals surface area contributed by atoms with Crippen molar-refractivity contribution in [3.8, 4) is 0 Å². The highest BCUT2D eigenvalue weighted by Gasteiger charge is 2.36. The van der Waals surface area contributed by atoms with E-state index < -0.39 is 18.2 Å². The zero-order valence-electron chi connectivity index (χ0n) is 12.9. The molecule has 3 rings (SSSR count). The van der Waals surface area contributed by atoms with Gasteiger partial charge in [-0.15, -0.1) is 0 Å². The molecule has 23 heavy (non-hydrogen) atoms. The number of morpholine rings is 1. The minimum Gasteiger partial charge on any atom is -0.377 e. The summed E-state index contributed by atoms with van der Waals surface area (Å²) in [5.74, 6) is 0. The highest BCUT2D eigenvalue weighted by molar-refractivity contribution is 5.90. The maximum absolute atomic E-state index is 13.0. The maximum atomic E-state index is 13.0. The van der Waals surface area contributed by atoms with E-state index in [1.165, 1.54) is 17.9 Å². The Morgan fingerprint density at radius 2 is 2.30 bits per heavy atom. The second-order valence-corrected chi connectivity index (χ2v) is 5.72. The number of anilines is 1. The summed E-state index contributed by atoms with van der Waals surface area (Å²) in [5.41, 5.74) is -0.396. The smallest absolute Gasteiger partial charge is 0.322 e. The van der Waals surface area contributed by atoms with Gasteiger partial charge in [-0.3, -0.25) is 4.68 Å². The minimum absolute atomic E-state index is 0.0325. The third-order valence-electron chi connectivity index (χ3n) is 4.13. The van der Waals surface area contributed by atoms with Gasteiger partial charge in [0.1, 0.15) is 0 Å². The Bertz CT molecular complexity index is 560. The molecule has 2 amide bonds. The van der Waals surface area contributed by atoms with Gasteiger partial charge in [0, 0.05) is 26.4 Å². The average molecular weight is 330 g/mol. The number of hydrogen-bond donors (Lipinski definition) is 1. The summed E-state index contributed by atoms with van der Waals surface area (Å²) in [6, 6.07) is -0.623. The number of nitrogens with zero attached hydrogens (tertiary/aromatic N) is 3. The van der Waals surface area contributed by atoms with Crippen molar-refractivity contribution < 1.29 is 23.0 Å². The molecule has 2 aliphatic rings. The Morgan fingerprint density at radius 3 is 3.00 bits per heavy atom. The van der Waals surface area contributed by atoms with Crippen molar-refractivity contribution in [1.29, 1.82) is 0 Å². The lowest BCUT2D eigenvalue weighted by molar-refractivity contribution is -0.0452. The molecule has 7 nitrogen and oxygen atoms in total. The second-order valence-electron chi connectivity index (χ2n) is 5.72. The topological polar surface area (TPSA) is 68.6 Å². The van der Waals surface area contributed by atoms with Crippen molar-refractivity contribution >= 4 is 11.7 Å². The maximum Gasteiger partial charge on any atom is 0.322 e. The summed E-state index contributed by atoms with van der Waals surface area (Å²) in [4.78, 5) is 14.2. The van der Waals surface area contributed by atoms with Crippen LogP contribution in [0.2, 0.25) is 0 Å². The molecule has 1 aromatic heterocycles. The zero-order valence-corrected chi connectivity index (χ0v) is 12.9. The Morgan fingerprint density at radius 1 is 1.48 bits per heavy atom. The van der Waals surface area contributed by atoms with Crippen LogP contribution in [0.1, 0.15) is 25.0 Å². The lowest BCUT2D eigenvalue weighted by atomic mass is 10.1. The summed E-state index contributed by atoms with van der Waals surface area (Å²) in [6.45, 7) is 1.90. The van der Waals surface area contributed by atoms with Crippen molar-refractivity contribution in [3.05, 3.63) is 11.9 Å². The lowest BCUT2D eigenvalue weighted by Crippen LogP contribution is -2.55. The average Bonchev–Trinajstić information content (AvgIpc) is 3.17. The molecular weight excluding hydrogens is 310 g/mol. The van der Waals surface area contributed by atoms with E-state index in [2.05, 4.69) is 10.4 Å². The van der Waals surface area contributed by atoms with Crippen molar-refractivity contribution in [2.24, 2.45) is 7.05 Å². The Labute approximate surface area is 132 Å². The number of aromatic nitrogens is 2. The van der Waals surface area contributed by atoms with Gasteiger partial charge in [0.05, 0.1) is 31.0 Å². The molecule has 2 atom stereocenters. The summed E-state index contributed by atoms with van der Waals surface area (Å²) in [5, 5.41) is 6.24. The number of carbonyl (C=O) groups excluding carboxylic acids is 1. The Balaban J connectivity index is 1.73. The normalized spacial score (nSPS) is 25.1. The molecule has 9 heteroatoms. The lowest BCUT2D eigenvalue weighted by Gasteiger charge is -2.38. The van der Waals surface area contributed by atoms with Gasteiger partial charge in [0.25, 0.3) is 6.43 Å². The quantitative estimate of drug-likeness (QED) is 0.917. The molecule has 2 saturated heterocycles. The van der Waals surface area contributed by atoms with E-state index >= 15 is 0 Å². The number of alkyl halides is 2. The SMILES string of the molecule is Cn1cc(NC(=O)N2CCOCC2C2CCCO2)c(C(F)F)n1. The van der Waals surface area contributed by atoms with Crippen LogP contribution in [0.3, 0.4) is 0 Å². The molecule has 3 heterocycles. The molecule has 2 aliphatic heterocycles. The number of carbonyl (C=O) groups is 1. The molecule has 2 fully saturated rings. The van der Waals surface area contributed by atoms with Crippen LogP contribution in [0.4, 0.5) is 19.3 Å². The minimum atomic E-state index is -2.75. The van der Waals surface area contributed by atoms with Crippen molar-refractivity contribution in [3.63, 3.8) is 0 Å². The summed E-state index contributed by atoms with van der Waals surface area (Å²) in [6.07, 6.45) is 0.387. The molecule has 0 saturated carbocycles. The number of ether oxygens (including phenoxy) is 2. The van der Waals surface area contributed by atoms with Crippen LogP contribution in [0.15, 0.2) is 6.20 Å². The number of aryl methyl sites for hydroxylation is 1. The van der Waals surface area contributed by atoms with E-state index in [-0.39, 0.29) is 17.8 Å². The molecule has 0 aliphatic carbocycles. The van der Waals surface area contributed by atoms with E-state index in [4.69, 9.17) is 9.47 Å². The van der Waals surface area contributed by atoms with Gasteiger partial charge < -0.3 is 19.7 Å². The zero-order chi connectivity index (χ0) is 16.4. The number of amides is 2. The Hall–Kier alpha value is -1.74. The molecular formula is C14H20F2N4O3. The molecule has 0 aromatic carbocycles. The predicted molar refractivity (Wildman–Crippen MR) is 77.5 cm³/mol. The van der Waals surface area contributed by atoms with Crippen LogP contribution in [0.5, 0.6) is 0 Å². The van der Waals surface area contributed by atoms with Gasteiger partial charge >= 0.3 is 6.03 Å². The molecule has 2 unspecified atom stereocenters. The largest absolute Gasteiger partial charge is 0.377 e. The molecule has 1 aromatic rings. The first-order valence-corrected chi connectivity index (χ1v) is 7.65. The van der Waals surface area contributed by atoms with Crippen molar-refractivity contribution in [2.75, 3.05) is 31.7 Å². The van der Waals surface area contributed by atoms with Crippen LogP contribution < -0.4 is 5.32 Å². The number of rotatable bonds is 3. The van der Waals surface area contributed by atoms with Gasteiger partial charge in [0.2, 0.25) is 0 Å². The van der Waals surface area contributed by atoms with E-state index in [0.29, 0.717) is 26.4 Å². The van der Waals surface area contributed by atoms with Crippen LogP contribution >= 0.6 is 0 Å². The molecule has 0 bridgehead atoms. The van der Waals surface area contributed by atoms with Crippen LogP contribution in [-0.2, 0) is 16.5 Å². The second kappa shape index (κ2) is 6.79. The highest BCUT2D eigenvalue weighted by Crippen LogP contribution is 2.27. The first-order chi connectivity index (χ1) is 11.1. The monoisotopic (exact) mass is 330 g/mol. The van der Waals surface area contributed by atoms with E-state index in [1.807, 2.05) is 0 Å². The van der Waals surface area contributed by atoms with Crippen LogP contribution in [0, 0.1) is 0 Å². The standard InChI is InChI=1S/C14H20F2N4O3/c1-19-7-9(12(18-19)13(15)16)17-14(21)20-4-6-22-8-10(20)11-3-2-5-23-11/h7,10-11,13H,2-6,8H2,1H3,(H,17,21). The van der Waals surface area contributed by atoms with Crippen molar-refractivity contribution in [1.82, 2.24) is 14.7 Å². The Kier molecular flexibility index (Phi) is 4.76. The first-order valence-electron chi connectivity index (χ1n) is 7.65. The van der Waals surface area contributed by atoms with Crippen molar-refractivity contribution in [2.45, 2.75) is 31.4 Å². The highest BCUT2D eigenvalue weighted by atomic mass is 19.3. The molecule has 0 radical (unpaired) electrons. The first kappa shape index (κ1) is 16.1. The molecule has 0 spiro atoms. The number of urea groups is 1. The van der Waals surface area contributed by atoms with Gasteiger partial charge in [-0.25, -0.2) is 13.6 Å².